The zero-order valence-electron chi connectivity index (χ0n) is 12.3. The fourth-order valence-corrected chi connectivity index (χ4v) is 2.90. The lowest BCUT2D eigenvalue weighted by molar-refractivity contribution is -0.141. The molecule has 0 saturated carbocycles. The number of aliphatic hydroxyl groups is 1. The van der Waals surface area contributed by atoms with Gasteiger partial charge in [-0.3, -0.25) is 9.88 Å². The molecule has 2 rings (SSSR count). The Labute approximate surface area is 122 Å². The first-order chi connectivity index (χ1) is 9.66. The van der Waals surface area contributed by atoms with Crippen LogP contribution in [-0.4, -0.2) is 34.2 Å². The first kappa shape index (κ1) is 16.2. The van der Waals surface area contributed by atoms with E-state index in [-0.39, 0.29) is 11.5 Å². The van der Waals surface area contributed by atoms with Crippen LogP contribution in [0.1, 0.15) is 37.9 Å². The minimum Gasteiger partial charge on any atom is -0.393 e. The van der Waals surface area contributed by atoms with Crippen molar-refractivity contribution in [3.05, 3.63) is 29.6 Å². The van der Waals surface area contributed by atoms with Crippen molar-refractivity contribution in [1.82, 2.24) is 9.88 Å². The van der Waals surface area contributed by atoms with E-state index in [2.05, 4.69) is 23.7 Å². The Morgan fingerprint density at radius 1 is 1.38 bits per heavy atom. The molecule has 118 valence electrons. The predicted molar refractivity (Wildman–Crippen MR) is 73.5 cm³/mol. The summed E-state index contributed by atoms with van der Waals surface area (Å²) < 4.78 is 37.4. The second-order valence-electron chi connectivity index (χ2n) is 6.57. The van der Waals surface area contributed by atoms with Gasteiger partial charge in [0.05, 0.1) is 6.10 Å². The summed E-state index contributed by atoms with van der Waals surface area (Å²) in [5, 5.41) is 9.87. The molecule has 1 N–H and O–H groups in total. The number of likely N-dealkylation sites (tertiary alicyclic amines) is 1. The lowest BCUT2D eigenvalue weighted by atomic mass is 9.87. The molecule has 0 spiro atoms. The Morgan fingerprint density at radius 3 is 2.67 bits per heavy atom. The summed E-state index contributed by atoms with van der Waals surface area (Å²) in [5.74, 6) is 0. The van der Waals surface area contributed by atoms with Gasteiger partial charge in [-0.1, -0.05) is 19.9 Å². The molecule has 0 aromatic carbocycles. The summed E-state index contributed by atoms with van der Waals surface area (Å²) in [7, 11) is 0. The van der Waals surface area contributed by atoms with Crippen LogP contribution in [0.5, 0.6) is 0 Å². The molecule has 21 heavy (non-hydrogen) atoms. The number of pyridine rings is 1. The van der Waals surface area contributed by atoms with E-state index in [1.165, 1.54) is 12.3 Å². The van der Waals surface area contributed by atoms with E-state index in [4.69, 9.17) is 0 Å². The molecule has 0 radical (unpaired) electrons. The number of aliphatic hydroxyl groups excluding tert-OH is 1. The summed E-state index contributed by atoms with van der Waals surface area (Å²) >= 11 is 0. The van der Waals surface area contributed by atoms with Gasteiger partial charge in [0.2, 0.25) is 0 Å². The Balaban J connectivity index is 2.04. The molecule has 6 heteroatoms. The van der Waals surface area contributed by atoms with Gasteiger partial charge in [-0.2, -0.15) is 13.2 Å². The van der Waals surface area contributed by atoms with E-state index in [0.717, 1.165) is 31.1 Å². The van der Waals surface area contributed by atoms with Crippen LogP contribution < -0.4 is 0 Å². The summed E-state index contributed by atoms with van der Waals surface area (Å²) in [5.41, 5.74) is -0.108. The second kappa shape index (κ2) is 5.93. The van der Waals surface area contributed by atoms with Crippen LogP contribution in [0.4, 0.5) is 13.2 Å². The monoisotopic (exact) mass is 302 g/mol. The summed E-state index contributed by atoms with van der Waals surface area (Å²) in [6.07, 6.45) is -1.98. The largest absolute Gasteiger partial charge is 0.433 e. The van der Waals surface area contributed by atoms with Gasteiger partial charge in [-0.05, 0) is 29.9 Å². The standard InChI is InChI=1S/C15H21F3N2O/c1-14(2)7-12(21)5-6-20(10-14)9-11-3-4-13(19-8-11)15(16,17)18/h3-4,8,12,21H,5-7,9-10H2,1-2H3. The zero-order valence-corrected chi connectivity index (χ0v) is 12.3. The van der Waals surface area contributed by atoms with Gasteiger partial charge in [0.15, 0.2) is 0 Å². The Bertz CT molecular complexity index is 471. The lowest BCUT2D eigenvalue weighted by Crippen LogP contribution is -2.32. The fraction of sp³-hybridized carbons (Fsp3) is 0.667. The maximum Gasteiger partial charge on any atom is 0.433 e. The van der Waals surface area contributed by atoms with Crippen LogP contribution >= 0.6 is 0 Å². The fourth-order valence-electron chi connectivity index (χ4n) is 2.90. The Morgan fingerprint density at radius 2 is 2.10 bits per heavy atom. The molecule has 1 unspecified atom stereocenters. The van der Waals surface area contributed by atoms with Gasteiger partial charge >= 0.3 is 6.18 Å². The number of alkyl halides is 3. The molecule has 1 saturated heterocycles. The van der Waals surface area contributed by atoms with Crippen LogP contribution in [0.25, 0.3) is 0 Å². The van der Waals surface area contributed by atoms with E-state index in [0.29, 0.717) is 13.0 Å². The molecule has 1 atom stereocenters. The molecule has 0 amide bonds. The van der Waals surface area contributed by atoms with Crippen molar-refractivity contribution in [3.63, 3.8) is 0 Å². The number of rotatable bonds is 2. The van der Waals surface area contributed by atoms with Gasteiger partial charge < -0.3 is 5.11 Å². The molecule has 1 aliphatic rings. The number of halogens is 3. The normalized spacial score (nSPS) is 23.8. The molecule has 1 aliphatic heterocycles. The molecule has 0 bridgehead atoms. The maximum absolute atomic E-state index is 12.5. The second-order valence-corrected chi connectivity index (χ2v) is 6.57. The summed E-state index contributed by atoms with van der Waals surface area (Å²) in [6, 6.07) is 2.50. The summed E-state index contributed by atoms with van der Waals surface area (Å²) in [4.78, 5) is 5.66. The van der Waals surface area contributed by atoms with Gasteiger partial charge in [0, 0.05) is 25.8 Å². The number of nitrogens with zero attached hydrogens (tertiary/aromatic N) is 2. The average molecular weight is 302 g/mol. The van der Waals surface area contributed by atoms with Crippen molar-refractivity contribution < 1.29 is 18.3 Å². The lowest BCUT2D eigenvalue weighted by Gasteiger charge is -2.29. The average Bonchev–Trinajstić information content (AvgIpc) is 2.46. The highest BCUT2D eigenvalue weighted by atomic mass is 19.4. The third kappa shape index (κ3) is 4.68. The molecule has 2 heterocycles. The highest BCUT2D eigenvalue weighted by molar-refractivity contribution is 5.16. The molecule has 1 aromatic heterocycles. The third-order valence-electron chi connectivity index (χ3n) is 3.74. The van der Waals surface area contributed by atoms with Crippen LogP contribution in [-0.2, 0) is 12.7 Å². The van der Waals surface area contributed by atoms with Crippen molar-refractivity contribution in [2.75, 3.05) is 13.1 Å². The van der Waals surface area contributed by atoms with E-state index in [1.807, 2.05) is 0 Å². The minimum absolute atomic E-state index is 0.00471. The highest BCUT2D eigenvalue weighted by Crippen LogP contribution is 2.30. The van der Waals surface area contributed by atoms with Crippen LogP contribution in [0.2, 0.25) is 0 Å². The molecular formula is C15H21F3N2O. The van der Waals surface area contributed by atoms with Crippen LogP contribution in [0.15, 0.2) is 18.3 Å². The molecule has 0 aliphatic carbocycles. The number of aromatic nitrogens is 1. The van der Waals surface area contributed by atoms with Crippen molar-refractivity contribution in [3.8, 4) is 0 Å². The van der Waals surface area contributed by atoms with Crippen molar-refractivity contribution in [2.45, 2.75) is 45.5 Å². The number of hydrogen-bond donors (Lipinski definition) is 1. The third-order valence-corrected chi connectivity index (χ3v) is 3.74. The van der Waals surface area contributed by atoms with E-state index < -0.39 is 11.9 Å². The minimum atomic E-state index is -4.40. The quantitative estimate of drug-likeness (QED) is 0.912. The van der Waals surface area contributed by atoms with Crippen LogP contribution in [0, 0.1) is 5.41 Å². The molecular weight excluding hydrogens is 281 g/mol. The molecule has 3 nitrogen and oxygen atoms in total. The van der Waals surface area contributed by atoms with Crippen molar-refractivity contribution >= 4 is 0 Å². The smallest absolute Gasteiger partial charge is 0.393 e. The van der Waals surface area contributed by atoms with E-state index >= 15 is 0 Å². The van der Waals surface area contributed by atoms with Crippen LogP contribution in [0.3, 0.4) is 0 Å². The Kier molecular flexibility index (Phi) is 4.58. The first-order valence-electron chi connectivity index (χ1n) is 7.08. The highest BCUT2D eigenvalue weighted by Gasteiger charge is 2.32. The zero-order chi connectivity index (χ0) is 15.7. The topological polar surface area (TPSA) is 36.4 Å². The van der Waals surface area contributed by atoms with Gasteiger partial charge in [-0.25, -0.2) is 0 Å². The SMILES string of the molecule is CC1(C)CC(O)CCN(Cc2ccc(C(F)(F)F)nc2)C1. The van der Waals surface area contributed by atoms with Gasteiger partial charge in [0.1, 0.15) is 5.69 Å². The first-order valence-corrected chi connectivity index (χ1v) is 7.08. The predicted octanol–water partition coefficient (Wildman–Crippen LogP) is 3.08. The molecule has 1 fully saturated rings. The van der Waals surface area contributed by atoms with Crippen molar-refractivity contribution in [2.24, 2.45) is 5.41 Å². The van der Waals surface area contributed by atoms with E-state index in [1.54, 1.807) is 0 Å². The molecule has 1 aromatic rings. The van der Waals surface area contributed by atoms with Gasteiger partial charge in [0.25, 0.3) is 0 Å². The Hall–Kier alpha value is -1.14. The maximum atomic E-state index is 12.5. The van der Waals surface area contributed by atoms with Gasteiger partial charge in [-0.15, -0.1) is 0 Å². The van der Waals surface area contributed by atoms with Crippen molar-refractivity contribution in [1.29, 1.82) is 0 Å². The summed E-state index contributed by atoms with van der Waals surface area (Å²) in [6.45, 7) is 6.30. The number of hydrogen-bond acceptors (Lipinski definition) is 3. The van der Waals surface area contributed by atoms with E-state index in [9.17, 15) is 18.3 Å².